The molecule has 1 fully saturated rings. The van der Waals surface area contributed by atoms with Gasteiger partial charge in [-0.1, -0.05) is 24.3 Å². The fourth-order valence-electron chi connectivity index (χ4n) is 4.14. The van der Waals surface area contributed by atoms with Crippen molar-refractivity contribution in [3.8, 4) is 11.3 Å². The van der Waals surface area contributed by atoms with Gasteiger partial charge in [-0.25, -0.2) is 4.79 Å². The van der Waals surface area contributed by atoms with Gasteiger partial charge in [0.25, 0.3) is 5.91 Å². The number of nitrogens with one attached hydrogen (secondary N) is 2. The first-order chi connectivity index (χ1) is 14.7. The molecule has 1 aliphatic heterocycles. The van der Waals surface area contributed by atoms with Gasteiger partial charge in [-0.2, -0.15) is 5.10 Å². The Hall–Kier alpha value is -3.61. The van der Waals surface area contributed by atoms with E-state index in [2.05, 4.69) is 21.6 Å². The van der Waals surface area contributed by atoms with Crippen molar-refractivity contribution in [2.45, 2.75) is 25.4 Å². The van der Waals surface area contributed by atoms with Gasteiger partial charge < -0.3 is 10.1 Å². The lowest BCUT2D eigenvalue weighted by Gasteiger charge is -2.16. The second kappa shape index (κ2) is 7.67. The molecule has 1 saturated heterocycles. The summed E-state index contributed by atoms with van der Waals surface area (Å²) in [5.41, 5.74) is 6.05. The first-order valence-electron chi connectivity index (χ1n) is 10.2. The average Bonchev–Trinajstić information content (AvgIpc) is 3.35. The number of aromatic nitrogens is 2. The van der Waals surface area contributed by atoms with Crippen LogP contribution in [-0.2, 0) is 17.6 Å². The number of amides is 2. The average molecular weight is 402 g/mol. The Morgan fingerprint density at radius 1 is 1.17 bits per heavy atom. The zero-order chi connectivity index (χ0) is 20.5. The van der Waals surface area contributed by atoms with Gasteiger partial charge in [-0.15, -0.1) is 0 Å². The molecule has 2 heterocycles. The van der Waals surface area contributed by atoms with E-state index in [4.69, 9.17) is 4.74 Å². The number of cyclic esters (lactones) is 1. The number of ether oxygens (including phenoxy) is 1. The van der Waals surface area contributed by atoms with Crippen molar-refractivity contribution in [3.05, 3.63) is 71.4 Å². The smallest absolute Gasteiger partial charge is 0.414 e. The van der Waals surface area contributed by atoms with E-state index in [0.717, 1.165) is 36.2 Å². The number of nitrogens with zero attached hydrogens (tertiary/aromatic N) is 2. The van der Waals surface area contributed by atoms with Crippen LogP contribution in [0.25, 0.3) is 11.3 Å². The molecule has 7 heteroatoms. The van der Waals surface area contributed by atoms with E-state index in [9.17, 15) is 9.59 Å². The third-order valence-corrected chi connectivity index (χ3v) is 5.68. The van der Waals surface area contributed by atoms with Crippen molar-refractivity contribution in [2.75, 3.05) is 18.0 Å². The Bertz CT molecular complexity index is 1090. The minimum absolute atomic E-state index is 0.175. The number of fused-ring (bicyclic) bond motifs is 3. The molecule has 1 unspecified atom stereocenters. The number of carbonyl (C=O) groups is 2. The fraction of sp³-hybridized carbons (Fsp3) is 0.261. The standard InChI is InChI=1S/C23H22N4O3/c28-22(15-5-2-1-3-6-15)24-13-19-14-27(23(29)30-19)18-9-10-20-16(11-18)7-4-8-17-12-25-26-21(17)20/h1-3,5-6,9-12,19H,4,7-8,13-14H2,(H,24,28)(H,25,26). The molecule has 2 N–H and O–H groups in total. The van der Waals surface area contributed by atoms with E-state index >= 15 is 0 Å². The summed E-state index contributed by atoms with van der Waals surface area (Å²) < 4.78 is 5.48. The highest BCUT2D eigenvalue weighted by molar-refractivity contribution is 5.94. The molecule has 1 aliphatic carbocycles. The Morgan fingerprint density at radius 2 is 2.00 bits per heavy atom. The molecule has 1 aromatic heterocycles. The molecule has 1 atom stereocenters. The molecule has 2 amide bonds. The van der Waals surface area contributed by atoms with Crippen LogP contribution in [0.3, 0.4) is 0 Å². The Labute approximate surface area is 174 Å². The van der Waals surface area contributed by atoms with Crippen LogP contribution in [0, 0.1) is 0 Å². The molecule has 0 bridgehead atoms. The molecule has 152 valence electrons. The normalized spacial score (nSPS) is 17.7. The molecule has 30 heavy (non-hydrogen) atoms. The van der Waals surface area contributed by atoms with E-state index in [1.165, 1.54) is 11.1 Å². The van der Waals surface area contributed by atoms with Crippen LogP contribution in [0.5, 0.6) is 0 Å². The Balaban J connectivity index is 1.28. The summed E-state index contributed by atoms with van der Waals surface area (Å²) in [6.07, 6.45) is 4.11. The number of H-pyrrole nitrogens is 1. The number of carbonyl (C=O) groups excluding carboxylic acids is 2. The van der Waals surface area contributed by atoms with Crippen LogP contribution < -0.4 is 10.2 Å². The van der Waals surface area contributed by atoms with Gasteiger partial charge in [0.2, 0.25) is 0 Å². The minimum Gasteiger partial charge on any atom is -0.442 e. The van der Waals surface area contributed by atoms with E-state index in [1.54, 1.807) is 17.0 Å². The van der Waals surface area contributed by atoms with Gasteiger partial charge in [0.15, 0.2) is 0 Å². The van der Waals surface area contributed by atoms with Crippen LogP contribution in [0.2, 0.25) is 0 Å². The number of anilines is 1. The van der Waals surface area contributed by atoms with Gasteiger partial charge in [-0.3, -0.25) is 14.8 Å². The molecular weight excluding hydrogens is 380 g/mol. The summed E-state index contributed by atoms with van der Waals surface area (Å²) in [5.74, 6) is -0.175. The first kappa shape index (κ1) is 18.4. The lowest BCUT2D eigenvalue weighted by atomic mass is 10.0. The first-order valence-corrected chi connectivity index (χ1v) is 10.2. The summed E-state index contributed by atoms with van der Waals surface area (Å²) in [4.78, 5) is 26.3. The predicted octanol–water partition coefficient (Wildman–Crippen LogP) is 3.32. The molecule has 5 rings (SSSR count). The van der Waals surface area contributed by atoms with E-state index in [1.807, 2.05) is 36.5 Å². The minimum atomic E-state index is -0.386. The van der Waals surface area contributed by atoms with Gasteiger partial charge in [-0.05, 0) is 54.7 Å². The number of benzene rings is 2. The Kier molecular flexibility index (Phi) is 4.71. The van der Waals surface area contributed by atoms with Crippen LogP contribution in [-0.4, -0.2) is 41.4 Å². The van der Waals surface area contributed by atoms with E-state index < -0.39 is 0 Å². The van der Waals surface area contributed by atoms with Gasteiger partial charge in [0, 0.05) is 16.8 Å². The molecule has 2 aromatic carbocycles. The topological polar surface area (TPSA) is 87.3 Å². The van der Waals surface area contributed by atoms with Crippen molar-refractivity contribution in [3.63, 3.8) is 0 Å². The quantitative estimate of drug-likeness (QED) is 0.701. The Morgan fingerprint density at radius 3 is 2.87 bits per heavy atom. The summed E-state index contributed by atoms with van der Waals surface area (Å²) in [7, 11) is 0. The number of aromatic amines is 1. The maximum absolute atomic E-state index is 12.5. The van der Waals surface area contributed by atoms with Crippen LogP contribution in [0.15, 0.2) is 54.7 Å². The summed E-state index contributed by atoms with van der Waals surface area (Å²) >= 11 is 0. The maximum Gasteiger partial charge on any atom is 0.414 e. The van der Waals surface area contributed by atoms with Gasteiger partial charge >= 0.3 is 6.09 Å². The van der Waals surface area contributed by atoms with Crippen molar-refractivity contribution in [1.29, 1.82) is 0 Å². The monoisotopic (exact) mass is 402 g/mol. The van der Waals surface area contributed by atoms with Crippen molar-refractivity contribution in [2.24, 2.45) is 0 Å². The molecule has 3 aromatic rings. The van der Waals surface area contributed by atoms with Gasteiger partial charge in [0.05, 0.1) is 25.0 Å². The molecule has 0 spiro atoms. The molecular formula is C23H22N4O3. The number of rotatable bonds is 4. The van der Waals surface area contributed by atoms with Crippen LogP contribution in [0.4, 0.5) is 10.5 Å². The van der Waals surface area contributed by atoms with E-state index in [-0.39, 0.29) is 24.6 Å². The van der Waals surface area contributed by atoms with Crippen LogP contribution >= 0.6 is 0 Å². The second-order valence-corrected chi connectivity index (χ2v) is 7.66. The number of aryl methyl sites for hydroxylation is 2. The van der Waals surface area contributed by atoms with E-state index in [0.29, 0.717) is 12.1 Å². The third-order valence-electron chi connectivity index (χ3n) is 5.68. The zero-order valence-electron chi connectivity index (χ0n) is 16.4. The zero-order valence-corrected chi connectivity index (χ0v) is 16.4. The van der Waals surface area contributed by atoms with Crippen molar-refractivity contribution in [1.82, 2.24) is 15.5 Å². The largest absolute Gasteiger partial charge is 0.442 e. The summed E-state index contributed by atoms with van der Waals surface area (Å²) in [6, 6.07) is 15.1. The molecule has 0 radical (unpaired) electrons. The molecule has 0 saturated carbocycles. The summed E-state index contributed by atoms with van der Waals surface area (Å²) in [6.45, 7) is 0.681. The maximum atomic E-state index is 12.5. The second-order valence-electron chi connectivity index (χ2n) is 7.66. The van der Waals surface area contributed by atoms with Gasteiger partial charge in [0.1, 0.15) is 6.10 Å². The van der Waals surface area contributed by atoms with Crippen molar-refractivity contribution >= 4 is 17.7 Å². The van der Waals surface area contributed by atoms with Crippen LogP contribution in [0.1, 0.15) is 27.9 Å². The molecule has 7 nitrogen and oxygen atoms in total. The summed E-state index contributed by atoms with van der Waals surface area (Å²) in [5, 5.41) is 10.1. The molecule has 2 aliphatic rings. The highest BCUT2D eigenvalue weighted by Gasteiger charge is 2.33. The SMILES string of the molecule is O=C(NCC1CN(c2ccc3c(c2)CCCc2cn[nH]c2-3)C(=O)O1)c1ccccc1. The fourth-order valence-corrected chi connectivity index (χ4v) is 4.14. The highest BCUT2D eigenvalue weighted by Crippen LogP contribution is 2.34. The van der Waals surface area contributed by atoms with Crippen molar-refractivity contribution < 1.29 is 14.3 Å². The highest BCUT2D eigenvalue weighted by atomic mass is 16.6. The number of hydrogen-bond acceptors (Lipinski definition) is 4. The predicted molar refractivity (Wildman–Crippen MR) is 112 cm³/mol. The third kappa shape index (κ3) is 3.43. The lowest BCUT2D eigenvalue weighted by molar-refractivity contribution is 0.0916. The number of hydrogen-bond donors (Lipinski definition) is 2. The lowest BCUT2D eigenvalue weighted by Crippen LogP contribution is -2.34.